The minimum atomic E-state index is -0.351. The third-order valence-corrected chi connectivity index (χ3v) is 4.47. The van der Waals surface area contributed by atoms with Crippen LogP contribution in [0.2, 0.25) is 0 Å². The number of aryl methyl sites for hydroxylation is 1. The van der Waals surface area contributed by atoms with E-state index in [4.69, 9.17) is 9.47 Å². The van der Waals surface area contributed by atoms with Gasteiger partial charge in [0.05, 0.1) is 20.3 Å². The number of hydrogen-bond acceptors (Lipinski definition) is 4. The fourth-order valence-corrected chi connectivity index (χ4v) is 2.78. The third kappa shape index (κ3) is 7.28. The van der Waals surface area contributed by atoms with E-state index in [0.717, 1.165) is 36.1 Å². The highest BCUT2D eigenvalue weighted by molar-refractivity contribution is 5.98. The molecule has 0 unspecified atom stereocenters. The second kappa shape index (κ2) is 12.3. The predicted octanol–water partition coefficient (Wildman–Crippen LogP) is 4.20. The molecule has 6 nitrogen and oxygen atoms in total. The number of rotatable bonds is 11. The fraction of sp³-hybridized carbons (Fsp3) is 0.333. The minimum Gasteiger partial charge on any atom is -0.493 e. The van der Waals surface area contributed by atoms with Gasteiger partial charge in [-0.3, -0.25) is 9.59 Å². The molecule has 2 aromatic carbocycles. The molecule has 2 amide bonds. The Kier molecular flexibility index (Phi) is 9.45. The normalized spacial score (nSPS) is 10.6. The summed E-state index contributed by atoms with van der Waals surface area (Å²) in [5.74, 6) is 0.670. The molecule has 0 aliphatic heterocycles. The van der Waals surface area contributed by atoms with Crippen LogP contribution in [0.15, 0.2) is 48.5 Å². The second-order valence-corrected chi connectivity index (χ2v) is 6.72. The molecular weight excluding hydrogens is 380 g/mol. The van der Waals surface area contributed by atoms with Gasteiger partial charge in [0.25, 0.3) is 0 Å². The summed E-state index contributed by atoms with van der Waals surface area (Å²) < 4.78 is 11.1. The zero-order valence-electron chi connectivity index (χ0n) is 17.9. The van der Waals surface area contributed by atoms with Crippen LogP contribution in [0.25, 0.3) is 6.08 Å². The van der Waals surface area contributed by atoms with Gasteiger partial charge in [0.1, 0.15) is 0 Å². The highest BCUT2D eigenvalue weighted by atomic mass is 16.5. The Morgan fingerprint density at radius 2 is 1.87 bits per heavy atom. The van der Waals surface area contributed by atoms with Crippen LogP contribution < -0.4 is 20.1 Å². The lowest BCUT2D eigenvalue weighted by Gasteiger charge is -2.11. The van der Waals surface area contributed by atoms with Crippen molar-refractivity contribution in [2.24, 2.45) is 0 Å². The van der Waals surface area contributed by atoms with Crippen LogP contribution in [-0.2, 0) is 16.0 Å². The number of unbranched alkanes of at least 4 members (excludes halogenated alkanes) is 1. The molecule has 0 atom stereocenters. The molecular formula is C24H30N2O4. The van der Waals surface area contributed by atoms with Crippen molar-refractivity contribution in [1.29, 1.82) is 0 Å². The van der Waals surface area contributed by atoms with Crippen molar-refractivity contribution in [3.8, 4) is 11.5 Å². The van der Waals surface area contributed by atoms with Crippen LogP contribution in [0.3, 0.4) is 0 Å². The molecule has 0 heterocycles. The largest absolute Gasteiger partial charge is 0.493 e. The van der Waals surface area contributed by atoms with Crippen molar-refractivity contribution >= 4 is 23.6 Å². The Bertz CT molecular complexity index is 877. The van der Waals surface area contributed by atoms with Crippen LogP contribution in [-0.4, -0.2) is 32.1 Å². The van der Waals surface area contributed by atoms with Crippen LogP contribution >= 0.6 is 0 Å². The maximum absolute atomic E-state index is 12.1. The Morgan fingerprint density at radius 3 is 2.60 bits per heavy atom. The van der Waals surface area contributed by atoms with E-state index in [9.17, 15) is 9.59 Å². The number of ether oxygens (including phenoxy) is 2. The van der Waals surface area contributed by atoms with E-state index in [2.05, 4.69) is 17.6 Å². The van der Waals surface area contributed by atoms with Crippen molar-refractivity contribution in [2.75, 3.05) is 25.6 Å². The van der Waals surface area contributed by atoms with Crippen molar-refractivity contribution in [3.05, 3.63) is 59.7 Å². The average Bonchev–Trinajstić information content (AvgIpc) is 2.77. The second-order valence-electron chi connectivity index (χ2n) is 6.72. The predicted molar refractivity (Wildman–Crippen MR) is 120 cm³/mol. The first-order valence-electron chi connectivity index (χ1n) is 10.2. The summed E-state index contributed by atoms with van der Waals surface area (Å²) in [6.07, 6.45) is 5.90. The maximum atomic E-state index is 12.1. The number of para-hydroxylation sites is 1. The van der Waals surface area contributed by atoms with Crippen molar-refractivity contribution in [2.45, 2.75) is 33.1 Å². The monoisotopic (exact) mass is 410 g/mol. The average molecular weight is 411 g/mol. The van der Waals surface area contributed by atoms with Gasteiger partial charge in [-0.15, -0.1) is 0 Å². The Labute approximate surface area is 178 Å². The first-order chi connectivity index (χ1) is 14.6. The lowest BCUT2D eigenvalue weighted by atomic mass is 10.1. The molecule has 0 aliphatic rings. The zero-order chi connectivity index (χ0) is 21.8. The van der Waals surface area contributed by atoms with E-state index in [1.165, 1.54) is 6.08 Å². The first kappa shape index (κ1) is 23.0. The van der Waals surface area contributed by atoms with Gasteiger partial charge in [-0.05, 0) is 48.2 Å². The van der Waals surface area contributed by atoms with Gasteiger partial charge in [0.2, 0.25) is 11.8 Å². The molecule has 0 fully saturated rings. The lowest BCUT2D eigenvalue weighted by molar-refractivity contribution is -0.121. The van der Waals surface area contributed by atoms with Crippen LogP contribution in [0, 0.1) is 0 Å². The van der Waals surface area contributed by atoms with E-state index in [1.807, 2.05) is 43.3 Å². The summed E-state index contributed by atoms with van der Waals surface area (Å²) in [6, 6.07) is 13.1. The maximum Gasteiger partial charge on any atom is 0.244 e. The lowest BCUT2D eigenvalue weighted by Crippen LogP contribution is -2.31. The van der Waals surface area contributed by atoms with Gasteiger partial charge in [0.15, 0.2) is 11.5 Å². The number of carbonyl (C=O) groups excluding carboxylic acids is 2. The quantitative estimate of drug-likeness (QED) is 0.430. The summed E-state index contributed by atoms with van der Waals surface area (Å²) in [5, 5.41) is 5.42. The fourth-order valence-electron chi connectivity index (χ4n) is 2.78. The highest BCUT2D eigenvalue weighted by Crippen LogP contribution is 2.28. The number of nitrogens with one attached hydrogen (secondary N) is 2. The summed E-state index contributed by atoms with van der Waals surface area (Å²) in [4.78, 5) is 24.2. The Balaban J connectivity index is 1.87. The molecule has 2 aromatic rings. The molecule has 0 bridgehead atoms. The van der Waals surface area contributed by atoms with Crippen molar-refractivity contribution in [1.82, 2.24) is 5.32 Å². The third-order valence-electron chi connectivity index (χ3n) is 4.47. The number of benzene rings is 2. The van der Waals surface area contributed by atoms with Gasteiger partial charge in [0, 0.05) is 11.8 Å². The minimum absolute atomic E-state index is 0.102. The Hall–Kier alpha value is -3.28. The standard InChI is InChI=1S/C24H30N2O4/c1-4-6-15-30-21-13-11-18(16-22(21)29-3)12-14-23(27)25-17-24(28)26-20-10-8-7-9-19(20)5-2/h7-14,16H,4-6,15,17H2,1-3H3,(H,25,27)(H,26,28)/b14-12+. The number of carbonyl (C=O) groups is 2. The number of anilines is 1. The zero-order valence-corrected chi connectivity index (χ0v) is 17.9. The van der Waals surface area contributed by atoms with Crippen LogP contribution in [0.1, 0.15) is 37.8 Å². The van der Waals surface area contributed by atoms with Crippen molar-refractivity contribution < 1.29 is 19.1 Å². The summed E-state index contributed by atoms with van der Waals surface area (Å²) in [7, 11) is 1.58. The number of amides is 2. The molecule has 0 aromatic heterocycles. The summed E-state index contributed by atoms with van der Waals surface area (Å²) in [5.41, 5.74) is 2.61. The van der Waals surface area contributed by atoms with Gasteiger partial charge in [-0.1, -0.05) is 44.5 Å². The molecule has 0 saturated heterocycles. The van der Waals surface area contributed by atoms with E-state index in [1.54, 1.807) is 19.3 Å². The number of methoxy groups -OCH3 is 1. The van der Waals surface area contributed by atoms with E-state index in [0.29, 0.717) is 18.1 Å². The first-order valence-corrected chi connectivity index (χ1v) is 10.2. The number of hydrogen-bond donors (Lipinski definition) is 2. The molecule has 6 heteroatoms. The molecule has 0 spiro atoms. The van der Waals surface area contributed by atoms with Crippen LogP contribution in [0.4, 0.5) is 5.69 Å². The molecule has 2 rings (SSSR count). The molecule has 0 radical (unpaired) electrons. The summed E-state index contributed by atoms with van der Waals surface area (Å²) >= 11 is 0. The molecule has 30 heavy (non-hydrogen) atoms. The van der Waals surface area contributed by atoms with E-state index in [-0.39, 0.29) is 18.4 Å². The van der Waals surface area contributed by atoms with Crippen LogP contribution in [0.5, 0.6) is 11.5 Å². The van der Waals surface area contributed by atoms with E-state index < -0.39 is 0 Å². The van der Waals surface area contributed by atoms with Gasteiger partial charge in [-0.25, -0.2) is 0 Å². The highest BCUT2D eigenvalue weighted by Gasteiger charge is 2.07. The van der Waals surface area contributed by atoms with Gasteiger partial charge >= 0.3 is 0 Å². The topological polar surface area (TPSA) is 76.7 Å². The molecule has 0 saturated carbocycles. The van der Waals surface area contributed by atoms with Gasteiger partial charge in [-0.2, -0.15) is 0 Å². The molecule has 0 aliphatic carbocycles. The Morgan fingerprint density at radius 1 is 1.07 bits per heavy atom. The van der Waals surface area contributed by atoms with Crippen molar-refractivity contribution in [3.63, 3.8) is 0 Å². The van der Waals surface area contributed by atoms with Gasteiger partial charge < -0.3 is 20.1 Å². The smallest absolute Gasteiger partial charge is 0.244 e. The molecule has 160 valence electrons. The SMILES string of the molecule is CCCCOc1ccc(/C=C/C(=O)NCC(=O)Nc2ccccc2CC)cc1OC. The summed E-state index contributed by atoms with van der Waals surface area (Å²) in [6.45, 7) is 4.66. The molecule has 2 N–H and O–H groups in total. The van der Waals surface area contributed by atoms with E-state index >= 15 is 0 Å².